The fourth-order valence-electron chi connectivity index (χ4n) is 3.82. The SMILES string of the molecule is COc1cc(-c2cc(=O)c3c(O)cc(O[C@@]4(O)CO[C@H](CO)[C@@H](O)[C@@H]4O)cc3o2)cc(OC)c1O. The number of ether oxygens (including phenoxy) is 4. The largest absolute Gasteiger partial charge is 0.507 e. The Bertz CT molecular complexity index is 1280. The zero-order chi connectivity index (χ0) is 25.5. The van der Waals surface area contributed by atoms with E-state index in [0.717, 1.165) is 12.1 Å². The maximum absolute atomic E-state index is 12.8. The molecule has 1 aliphatic heterocycles. The van der Waals surface area contributed by atoms with Crippen LogP contribution in [0.2, 0.25) is 0 Å². The van der Waals surface area contributed by atoms with Crippen molar-refractivity contribution >= 4 is 11.0 Å². The lowest BCUT2D eigenvalue weighted by Gasteiger charge is -2.42. The van der Waals surface area contributed by atoms with Crippen molar-refractivity contribution in [2.45, 2.75) is 24.1 Å². The third-order valence-corrected chi connectivity index (χ3v) is 5.69. The van der Waals surface area contributed by atoms with Gasteiger partial charge in [-0.15, -0.1) is 0 Å². The number of hydrogen-bond acceptors (Lipinski definition) is 12. The molecule has 0 aliphatic carbocycles. The van der Waals surface area contributed by atoms with Crippen LogP contribution in [0.5, 0.6) is 28.7 Å². The Kier molecular flexibility index (Phi) is 6.49. The van der Waals surface area contributed by atoms with Crippen LogP contribution in [0.4, 0.5) is 0 Å². The molecule has 0 spiro atoms. The van der Waals surface area contributed by atoms with Gasteiger partial charge >= 0.3 is 0 Å². The summed E-state index contributed by atoms with van der Waals surface area (Å²) >= 11 is 0. The highest BCUT2D eigenvalue weighted by Crippen LogP contribution is 2.41. The van der Waals surface area contributed by atoms with Crippen LogP contribution in [0.25, 0.3) is 22.3 Å². The predicted molar refractivity (Wildman–Crippen MR) is 119 cm³/mol. The first-order valence-electron chi connectivity index (χ1n) is 10.4. The number of hydrogen-bond donors (Lipinski definition) is 6. The first-order chi connectivity index (χ1) is 16.6. The van der Waals surface area contributed by atoms with Crippen molar-refractivity contribution in [1.82, 2.24) is 0 Å². The molecule has 0 unspecified atom stereocenters. The molecule has 3 aromatic rings. The quantitative estimate of drug-likeness (QED) is 0.254. The molecule has 0 amide bonds. The van der Waals surface area contributed by atoms with Gasteiger partial charge < -0.3 is 54.0 Å². The Morgan fingerprint density at radius 1 is 1.06 bits per heavy atom. The van der Waals surface area contributed by atoms with Crippen LogP contribution >= 0.6 is 0 Å². The standard InChI is InChI=1S/C23H24O12/c1-31-16-3-10(4-17(32-2)20(16)27)14-7-13(26)19-12(25)5-11(6-15(19)34-14)35-23(30)9-33-18(8-24)21(28)22(23)29/h3-7,18,21-22,24-25,27-30H,8-9H2,1-2H3/t18-,21-,22+,23+/m1/s1. The monoisotopic (exact) mass is 492 g/mol. The summed E-state index contributed by atoms with van der Waals surface area (Å²) in [5.74, 6) is -3.25. The van der Waals surface area contributed by atoms with Crippen LogP contribution in [-0.4, -0.2) is 82.2 Å². The molecule has 2 heterocycles. The molecule has 12 nitrogen and oxygen atoms in total. The Balaban J connectivity index is 1.77. The van der Waals surface area contributed by atoms with Gasteiger partial charge in [0, 0.05) is 23.8 Å². The predicted octanol–water partition coefficient (Wildman–Crippen LogP) is 0.0687. The minimum Gasteiger partial charge on any atom is -0.507 e. The van der Waals surface area contributed by atoms with Crippen LogP contribution in [-0.2, 0) is 4.74 Å². The van der Waals surface area contributed by atoms with Gasteiger partial charge in [0.2, 0.25) is 5.75 Å². The zero-order valence-corrected chi connectivity index (χ0v) is 18.7. The molecule has 4 rings (SSSR count). The Hall–Kier alpha value is -3.55. The summed E-state index contributed by atoms with van der Waals surface area (Å²) in [4.78, 5) is 12.8. The van der Waals surface area contributed by atoms with Crippen molar-refractivity contribution in [2.75, 3.05) is 27.4 Å². The molecule has 35 heavy (non-hydrogen) atoms. The van der Waals surface area contributed by atoms with Crippen molar-refractivity contribution in [3.63, 3.8) is 0 Å². The lowest BCUT2D eigenvalue weighted by Crippen LogP contribution is -2.64. The molecule has 1 aromatic heterocycles. The highest BCUT2D eigenvalue weighted by Gasteiger charge is 2.50. The second kappa shape index (κ2) is 9.24. The van der Waals surface area contributed by atoms with E-state index in [2.05, 4.69) is 0 Å². The molecule has 12 heteroatoms. The topological polar surface area (TPSA) is 189 Å². The molecule has 188 valence electrons. The van der Waals surface area contributed by atoms with E-state index in [1.54, 1.807) is 0 Å². The number of rotatable bonds is 6. The Morgan fingerprint density at radius 2 is 1.71 bits per heavy atom. The smallest absolute Gasteiger partial charge is 0.260 e. The second-order valence-corrected chi connectivity index (χ2v) is 7.93. The average molecular weight is 492 g/mol. The number of aromatic hydroxyl groups is 2. The molecule has 0 radical (unpaired) electrons. The summed E-state index contributed by atoms with van der Waals surface area (Å²) in [6, 6.07) is 6.19. The van der Waals surface area contributed by atoms with Crippen LogP contribution < -0.4 is 19.6 Å². The van der Waals surface area contributed by atoms with Crippen molar-refractivity contribution in [1.29, 1.82) is 0 Å². The molecule has 1 aliphatic rings. The van der Waals surface area contributed by atoms with Crippen molar-refractivity contribution in [3.8, 4) is 40.1 Å². The van der Waals surface area contributed by atoms with Gasteiger partial charge in [-0.1, -0.05) is 0 Å². The summed E-state index contributed by atoms with van der Waals surface area (Å²) in [5.41, 5.74) is -0.413. The van der Waals surface area contributed by atoms with Crippen molar-refractivity contribution < 1.29 is 54.0 Å². The van der Waals surface area contributed by atoms with E-state index in [1.807, 2.05) is 0 Å². The van der Waals surface area contributed by atoms with E-state index in [-0.39, 0.29) is 39.7 Å². The fourth-order valence-corrected chi connectivity index (χ4v) is 3.82. The van der Waals surface area contributed by atoms with Gasteiger partial charge in [0.05, 0.1) is 20.8 Å². The molecule has 4 atom stereocenters. The molecule has 0 saturated carbocycles. The average Bonchev–Trinajstić information content (AvgIpc) is 2.82. The van der Waals surface area contributed by atoms with E-state index >= 15 is 0 Å². The van der Waals surface area contributed by atoms with E-state index in [9.17, 15) is 35.4 Å². The zero-order valence-electron chi connectivity index (χ0n) is 18.7. The van der Waals surface area contributed by atoms with Crippen LogP contribution in [0.15, 0.2) is 39.5 Å². The normalized spacial score (nSPS) is 24.3. The lowest BCUT2D eigenvalue weighted by molar-refractivity contribution is -0.307. The number of aliphatic hydroxyl groups excluding tert-OH is 3. The number of fused-ring (bicyclic) bond motifs is 1. The fraction of sp³-hybridized carbons (Fsp3) is 0.348. The first-order valence-corrected chi connectivity index (χ1v) is 10.4. The van der Waals surface area contributed by atoms with E-state index < -0.39 is 48.5 Å². The summed E-state index contributed by atoms with van der Waals surface area (Å²) in [7, 11) is 2.68. The molecule has 2 aromatic carbocycles. The third kappa shape index (κ3) is 4.33. The number of aliphatic hydroxyl groups is 4. The van der Waals surface area contributed by atoms with Gasteiger partial charge in [-0.05, 0) is 12.1 Å². The summed E-state index contributed by atoms with van der Waals surface area (Å²) in [6.45, 7) is -1.20. The number of phenols is 2. The minimum atomic E-state index is -2.43. The van der Waals surface area contributed by atoms with Crippen LogP contribution in [0.1, 0.15) is 0 Å². The maximum atomic E-state index is 12.8. The van der Waals surface area contributed by atoms with Gasteiger partial charge in [0.1, 0.15) is 53.1 Å². The van der Waals surface area contributed by atoms with Crippen LogP contribution in [0.3, 0.4) is 0 Å². The van der Waals surface area contributed by atoms with Crippen LogP contribution in [0, 0.1) is 0 Å². The van der Waals surface area contributed by atoms with Gasteiger partial charge in [-0.3, -0.25) is 4.79 Å². The van der Waals surface area contributed by atoms with E-state index in [1.165, 1.54) is 32.4 Å². The van der Waals surface area contributed by atoms with E-state index in [0.29, 0.717) is 5.56 Å². The number of methoxy groups -OCH3 is 2. The number of benzene rings is 2. The number of phenolic OH excluding ortho intramolecular Hbond substituents is 2. The van der Waals surface area contributed by atoms with Gasteiger partial charge in [-0.2, -0.15) is 0 Å². The summed E-state index contributed by atoms with van der Waals surface area (Å²) in [6.07, 6.45) is -4.64. The minimum absolute atomic E-state index is 0.0385. The molecular weight excluding hydrogens is 468 g/mol. The van der Waals surface area contributed by atoms with Crippen molar-refractivity contribution in [3.05, 3.63) is 40.6 Å². The molecule has 1 saturated heterocycles. The second-order valence-electron chi connectivity index (χ2n) is 7.93. The highest BCUT2D eigenvalue weighted by atomic mass is 16.7. The van der Waals surface area contributed by atoms with Crippen molar-refractivity contribution in [2.24, 2.45) is 0 Å². The molecule has 6 N–H and O–H groups in total. The summed E-state index contributed by atoms with van der Waals surface area (Å²) < 4.78 is 26.6. The highest BCUT2D eigenvalue weighted by molar-refractivity contribution is 5.86. The Labute approximate surface area is 197 Å². The van der Waals surface area contributed by atoms with E-state index in [4.69, 9.17) is 23.4 Å². The summed E-state index contributed by atoms with van der Waals surface area (Å²) in [5, 5.41) is 60.7. The molecule has 1 fully saturated rings. The maximum Gasteiger partial charge on any atom is 0.260 e. The van der Waals surface area contributed by atoms with Gasteiger partial charge in [0.15, 0.2) is 16.9 Å². The lowest BCUT2D eigenvalue weighted by atomic mass is 9.97. The first kappa shape index (κ1) is 24.6. The molecular formula is C23H24O12. The Morgan fingerprint density at radius 3 is 2.31 bits per heavy atom. The van der Waals surface area contributed by atoms with Gasteiger partial charge in [-0.25, -0.2) is 0 Å². The third-order valence-electron chi connectivity index (χ3n) is 5.69. The molecule has 0 bridgehead atoms. The van der Waals surface area contributed by atoms with Gasteiger partial charge in [0.25, 0.3) is 5.79 Å².